The number of fused-ring (bicyclic) bond motifs is 1. The van der Waals surface area contributed by atoms with Crippen molar-refractivity contribution >= 4 is 40.1 Å². The quantitative estimate of drug-likeness (QED) is 0.198. The summed E-state index contributed by atoms with van der Waals surface area (Å²) in [7, 11) is 1.87. The molecule has 4 aromatic carbocycles. The highest BCUT2D eigenvalue weighted by Crippen LogP contribution is 2.19. The lowest BCUT2D eigenvalue weighted by molar-refractivity contribution is -0.135. The van der Waals surface area contributed by atoms with Crippen LogP contribution in [0.3, 0.4) is 0 Å². The molecule has 0 aliphatic heterocycles. The third-order valence-corrected chi connectivity index (χ3v) is 5.22. The summed E-state index contributed by atoms with van der Waals surface area (Å²) >= 11 is 0. The monoisotopic (exact) mass is 453 g/mol. The molecule has 34 heavy (non-hydrogen) atoms. The predicted octanol–water partition coefficient (Wildman–Crippen LogP) is 5.84. The molecule has 0 amide bonds. The van der Waals surface area contributed by atoms with E-state index >= 15 is 0 Å². The van der Waals surface area contributed by atoms with E-state index in [1.54, 1.807) is 12.1 Å². The molecule has 0 saturated heterocycles. The molecule has 6 heteroatoms. The standard InChI is InChI=1S/C17H19N3O2.C11H8O/c1-19-13-8-6-12(7-9-13)11-20-16-5-3-2-4-14(16)15(18)10-17(21)22;12-8-9-5-6-10-3-1-2-4-11(10)7-9/h2-9,18-20H,10-11H2,1H3,(H,21,22);1-8H. The van der Waals surface area contributed by atoms with Gasteiger partial charge in [0, 0.05) is 36.1 Å². The van der Waals surface area contributed by atoms with E-state index in [2.05, 4.69) is 10.6 Å². The molecule has 4 N–H and O–H groups in total. The maximum atomic E-state index is 10.8. The fourth-order valence-corrected chi connectivity index (χ4v) is 3.41. The minimum atomic E-state index is -0.998. The molecule has 0 spiro atoms. The molecule has 0 fully saturated rings. The molecule has 6 nitrogen and oxygen atoms in total. The van der Waals surface area contributed by atoms with Gasteiger partial charge in [-0.3, -0.25) is 9.59 Å². The van der Waals surface area contributed by atoms with Gasteiger partial charge in [-0.25, -0.2) is 0 Å². The van der Waals surface area contributed by atoms with Crippen LogP contribution in [0.1, 0.15) is 27.9 Å². The van der Waals surface area contributed by atoms with Gasteiger partial charge in [-0.15, -0.1) is 0 Å². The van der Waals surface area contributed by atoms with Gasteiger partial charge in [-0.1, -0.05) is 66.7 Å². The zero-order valence-corrected chi connectivity index (χ0v) is 18.9. The molecule has 0 radical (unpaired) electrons. The Kier molecular flexibility index (Phi) is 8.52. The van der Waals surface area contributed by atoms with Crippen LogP contribution in [-0.2, 0) is 11.3 Å². The van der Waals surface area contributed by atoms with Crippen LogP contribution in [0.4, 0.5) is 11.4 Å². The van der Waals surface area contributed by atoms with Gasteiger partial charge in [0.05, 0.1) is 12.1 Å². The zero-order valence-electron chi connectivity index (χ0n) is 18.9. The fraction of sp³-hybridized carbons (Fsp3) is 0.107. The van der Waals surface area contributed by atoms with Crippen molar-refractivity contribution in [2.45, 2.75) is 13.0 Å². The molecule has 172 valence electrons. The highest BCUT2D eigenvalue weighted by atomic mass is 16.4. The number of aliphatic carboxylic acids is 1. The Hall–Kier alpha value is -4.45. The first kappa shape index (κ1) is 24.2. The number of rotatable bonds is 8. The first-order valence-electron chi connectivity index (χ1n) is 10.8. The first-order chi connectivity index (χ1) is 16.5. The van der Waals surface area contributed by atoms with E-state index in [-0.39, 0.29) is 12.1 Å². The van der Waals surface area contributed by atoms with Gasteiger partial charge in [0.25, 0.3) is 0 Å². The number of anilines is 2. The van der Waals surface area contributed by atoms with Crippen molar-refractivity contribution in [2.24, 2.45) is 0 Å². The number of nitrogens with one attached hydrogen (secondary N) is 3. The van der Waals surface area contributed by atoms with Gasteiger partial charge in [-0.2, -0.15) is 0 Å². The minimum Gasteiger partial charge on any atom is -0.481 e. The fourth-order valence-electron chi connectivity index (χ4n) is 3.41. The Bertz CT molecular complexity index is 1280. The van der Waals surface area contributed by atoms with E-state index in [0.717, 1.165) is 34.2 Å². The maximum absolute atomic E-state index is 10.8. The molecular formula is C28H27N3O3. The second-order valence-corrected chi connectivity index (χ2v) is 7.62. The highest BCUT2D eigenvalue weighted by Gasteiger charge is 2.10. The van der Waals surface area contributed by atoms with Crippen LogP contribution in [0.2, 0.25) is 0 Å². The van der Waals surface area contributed by atoms with Crippen molar-refractivity contribution in [1.82, 2.24) is 0 Å². The highest BCUT2D eigenvalue weighted by molar-refractivity contribution is 6.10. The average molecular weight is 454 g/mol. The summed E-state index contributed by atoms with van der Waals surface area (Å²) in [5.74, 6) is -0.998. The summed E-state index contributed by atoms with van der Waals surface area (Å²) < 4.78 is 0. The molecule has 4 aromatic rings. The SMILES string of the molecule is CNc1ccc(CNc2ccccc2C(=N)CC(=O)O)cc1.O=Cc1ccc2ccccc2c1. The molecule has 4 rings (SSSR count). The molecule has 0 aliphatic carbocycles. The number of carboxylic acid groups (broad SMARTS) is 1. The number of para-hydroxylation sites is 1. The summed E-state index contributed by atoms with van der Waals surface area (Å²) in [6.07, 6.45) is 0.585. The van der Waals surface area contributed by atoms with E-state index in [1.165, 1.54) is 5.39 Å². The summed E-state index contributed by atoms with van der Waals surface area (Å²) in [6.45, 7) is 0.612. The first-order valence-corrected chi connectivity index (χ1v) is 10.8. The van der Waals surface area contributed by atoms with Crippen molar-refractivity contribution in [3.8, 4) is 0 Å². The van der Waals surface area contributed by atoms with Gasteiger partial charge in [0.15, 0.2) is 0 Å². The number of hydrogen-bond donors (Lipinski definition) is 4. The molecule has 0 bridgehead atoms. The molecule has 0 aliphatic rings. The lowest BCUT2D eigenvalue weighted by atomic mass is 10.0. The van der Waals surface area contributed by atoms with Crippen molar-refractivity contribution in [1.29, 1.82) is 5.41 Å². The van der Waals surface area contributed by atoms with Crippen LogP contribution < -0.4 is 10.6 Å². The lowest BCUT2D eigenvalue weighted by Crippen LogP contribution is -2.10. The van der Waals surface area contributed by atoms with Crippen molar-refractivity contribution in [3.63, 3.8) is 0 Å². The topological polar surface area (TPSA) is 102 Å². The summed E-state index contributed by atoms with van der Waals surface area (Å²) in [6, 6.07) is 29.0. The summed E-state index contributed by atoms with van der Waals surface area (Å²) in [4.78, 5) is 21.2. The van der Waals surface area contributed by atoms with Crippen LogP contribution in [0.25, 0.3) is 10.8 Å². The number of carboxylic acids is 1. The lowest BCUT2D eigenvalue weighted by Gasteiger charge is -2.12. The molecule has 0 atom stereocenters. The Morgan fingerprint density at radius 2 is 1.59 bits per heavy atom. The number of carbonyl (C=O) groups is 2. The van der Waals surface area contributed by atoms with Crippen molar-refractivity contribution < 1.29 is 14.7 Å². The van der Waals surface area contributed by atoms with Crippen LogP contribution in [0.15, 0.2) is 91.0 Å². The smallest absolute Gasteiger partial charge is 0.309 e. The Labute approximate surface area is 198 Å². The summed E-state index contributed by atoms with van der Waals surface area (Å²) in [5, 5.41) is 25.3. The average Bonchev–Trinajstić information content (AvgIpc) is 2.87. The van der Waals surface area contributed by atoms with Gasteiger partial charge >= 0.3 is 5.97 Å². The van der Waals surface area contributed by atoms with Crippen LogP contribution in [-0.4, -0.2) is 30.1 Å². The van der Waals surface area contributed by atoms with Crippen LogP contribution >= 0.6 is 0 Å². The van der Waals surface area contributed by atoms with Gasteiger partial charge in [-0.05, 0) is 40.6 Å². The van der Waals surface area contributed by atoms with E-state index in [4.69, 9.17) is 10.5 Å². The van der Waals surface area contributed by atoms with Gasteiger partial charge in [0.2, 0.25) is 0 Å². The van der Waals surface area contributed by atoms with Gasteiger partial charge in [0.1, 0.15) is 6.29 Å². The largest absolute Gasteiger partial charge is 0.481 e. The molecule has 0 aromatic heterocycles. The number of carbonyl (C=O) groups excluding carboxylic acids is 1. The molecule has 0 saturated carbocycles. The van der Waals surface area contributed by atoms with E-state index < -0.39 is 5.97 Å². The second-order valence-electron chi connectivity index (χ2n) is 7.62. The number of hydrogen-bond acceptors (Lipinski definition) is 5. The third-order valence-electron chi connectivity index (χ3n) is 5.22. The maximum Gasteiger partial charge on any atom is 0.309 e. The Morgan fingerprint density at radius 3 is 2.26 bits per heavy atom. The molecule has 0 heterocycles. The third kappa shape index (κ3) is 6.77. The predicted molar refractivity (Wildman–Crippen MR) is 138 cm³/mol. The molecular weight excluding hydrogens is 426 g/mol. The minimum absolute atomic E-state index is 0.0983. The second kappa shape index (κ2) is 12.0. The number of aldehydes is 1. The van der Waals surface area contributed by atoms with Crippen LogP contribution in [0, 0.1) is 5.41 Å². The number of benzene rings is 4. The Morgan fingerprint density at radius 1 is 0.912 bits per heavy atom. The van der Waals surface area contributed by atoms with Gasteiger partial charge < -0.3 is 21.1 Å². The molecule has 0 unspecified atom stereocenters. The van der Waals surface area contributed by atoms with Crippen LogP contribution in [0.5, 0.6) is 0 Å². The zero-order chi connectivity index (χ0) is 24.3. The van der Waals surface area contributed by atoms with Crippen molar-refractivity contribution in [2.75, 3.05) is 17.7 Å². The van der Waals surface area contributed by atoms with Crippen molar-refractivity contribution in [3.05, 3.63) is 108 Å². The Balaban J connectivity index is 0.000000226. The van der Waals surface area contributed by atoms with E-state index in [9.17, 15) is 9.59 Å². The van der Waals surface area contributed by atoms with E-state index in [0.29, 0.717) is 12.1 Å². The normalized spacial score (nSPS) is 10.0. The summed E-state index contributed by atoms with van der Waals surface area (Å²) in [5.41, 5.74) is 4.38. The van der Waals surface area contributed by atoms with E-state index in [1.807, 2.05) is 85.9 Å².